The number of benzene rings is 2. The molecule has 160 valence electrons. The van der Waals surface area contributed by atoms with Crippen LogP contribution < -0.4 is 14.2 Å². The molecule has 0 spiro atoms. The first-order chi connectivity index (χ1) is 14.5. The number of amides is 1. The van der Waals surface area contributed by atoms with Crippen LogP contribution in [0.3, 0.4) is 0 Å². The van der Waals surface area contributed by atoms with Crippen LogP contribution in [0.15, 0.2) is 55.1 Å². The molecule has 7 heteroatoms. The van der Waals surface area contributed by atoms with Crippen LogP contribution in [0.5, 0.6) is 17.2 Å². The Morgan fingerprint density at radius 3 is 2.43 bits per heavy atom. The Hall–Kier alpha value is -3.48. The minimum atomic E-state index is -0.619. The number of carbonyl (C=O) groups is 2. The third-order valence-corrected chi connectivity index (χ3v) is 4.16. The van der Waals surface area contributed by atoms with Gasteiger partial charge in [0.2, 0.25) is 0 Å². The zero-order valence-electron chi connectivity index (χ0n) is 17.6. The Labute approximate surface area is 176 Å². The van der Waals surface area contributed by atoms with Crippen LogP contribution in [-0.2, 0) is 16.1 Å². The smallest absolute Gasteiger partial charge is 0.338 e. The van der Waals surface area contributed by atoms with Crippen LogP contribution in [0.25, 0.3) is 0 Å². The Morgan fingerprint density at radius 1 is 1.07 bits per heavy atom. The van der Waals surface area contributed by atoms with Crippen molar-refractivity contribution in [3.8, 4) is 17.2 Å². The number of esters is 1. The second kappa shape index (κ2) is 11.5. The molecule has 0 saturated heterocycles. The Morgan fingerprint density at radius 2 is 1.80 bits per heavy atom. The molecular weight excluding hydrogens is 386 g/mol. The van der Waals surface area contributed by atoms with E-state index in [1.165, 1.54) is 18.1 Å². The molecule has 2 aromatic carbocycles. The van der Waals surface area contributed by atoms with Crippen molar-refractivity contribution in [1.82, 2.24) is 4.90 Å². The van der Waals surface area contributed by atoms with Crippen LogP contribution in [0, 0.1) is 0 Å². The van der Waals surface area contributed by atoms with E-state index in [-0.39, 0.29) is 18.1 Å². The summed E-state index contributed by atoms with van der Waals surface area (Å²) < 4.78 is 21.3. The number of hydrogen-bond acceptors (Lipinski definition) is 6. The summed E-state index contributed by atoms with van der Waals surface area (Å²) in [7, 11) is 3.13. The second-order valence-corrected chi connectivity index (χ2v) is 6.37. The standard InChI is InChI=1S/C23H27NO6/c1-5-13-29-20-12-9-18(14-21(20)27-4)23(26)30-16-22(25)24(3)15-17-7-10-19(11-8-17)28-6-2/h5,7-12,14H,1,6,13,15-16H2,2-4H3. The molecule has 30 heavy (non-hydrogen) atoms. The first kappa shape index (κ1) is 22.8. The van der Waals surface area contributed by atoms with Gasteiger partial charge in [0.1, 0.15) is 12.4 Å². The molecule has 0 atom stereocenters. The predicted octanol–water partition coefficient (Wildman–Crippen LogP) is 3.47. The van der Waals surface area contributed by atoms with Gasteiger partial charge in [-0.05, 0) is 42.8 Å². The summed E-state index contributed by atoms with van der Waals surface area (Å²) in [6.07, 6.45) is 1.61. The van der Waals surface area contributed by atoms with Gasteiger partial charge in [0.05, 0.1) is 19.3 Å². The quantitative estimate of drug-likeness (QED) is 0.415. The SMILES string of the molecule is C=CCOc1ccc(C(=O)OCC(=O)N(C)Cc2ccc(OCC)cc2)cc1OC. The maximum Gasteiger partial charge on any atom is 0.338 e. The van der Waals surface area contributed by atoms with Gasteiger partial charge in [0.15, 0.2) is 18.1 Å². The average Bonchev–Trinajstić information content (AvgIpc) is 2.77. The number of methoxy groups -OCH3 is 1. The third-order valence-electron chi connectivity index (χ3n) is 4.16. The fraction of sp³-hybridized carbons (Fsp3) is 0.304. The van der Waals surface area contributed by atoms with Crippen LogP contribution in [-0.4, -0.2) is 50.8 Å². The van der Waals surface area contributed by atoms with Gasteiger partial charge in [-0.15, -0.1) is 0 Å². The molecule has 0 saturated carbocycles. The van der Waals surface area contributed by atoms with Gasteiger partial charge in [-0.2, -0.15) is 0 Å². The summed E-state index contributed by atoms with van der Waals surface area (Å²) >= 11 is 0. The zero-order valence-corrected chi connectivity index (χ0v) is 17.6. The van der Waals surface area contributed by atoms with Crippen molar-refractivity contribution in [3.63, 3.8) is 0 Å². The third kappa shape index (κ3) is 6.55. The molecule has 1 amide bonds. The highest BCUT2D eigenvalue weighted by Crippen LogP contribution is 2.28. The Balaban J connectivity index is 1.89. The van der Waals surface area contributed by atoms with E-state index in [0.29, 0.717) is 31.3 Å². The molecule has 0 heterocycles. The number of nitrogens with zero attached hydrogens (tertiary/aromatic N) is 1. The molecule has 0 N–H and O–H groups in total. The Bertz CT molecular complexity index is 862. The van der Waals surface area contributed by atoms with E-state index >= 15 is 0 Å². The maximum absolute atomic E-state index is 12.3. The van der Waals surface area contributed by atoms with Crippen molar-refractivity contribution >= 4 is 11.9 Å². The molecule has 0 fully saturated rings. The topological polar surface area (TPSA) is 74.3 Å². The summed E-state index contributed by atoms with van der Waals surface area (Å²) in [5.74, 6) is 0.729. The van der Waals surface area contributed by atoms with Gasteiger partial charge >= 0.3 is 5.97 Å². The van der Waals surface area contributed by atoms with Gasteiger partial charge in [-0.3, -0.25) is 4.79 Å². The molecule has 7 nitrogen and oxygen atoms in total. The second-order valence-electron chi connectivity index (χ2n) is 6.37. The number of carbonyl (C=O) groups excluding carboxylic acids is 2. The molecule has 2 aromatic rings. The zero-order chi connectivity index (χ0) is 21.9. The molecule has 0 unspecified atom stereocenters. The number of ether oxygens (including phenoxy) is 4. The van der Waals surface area contributed by atoms with E-state index in [0.717, 1.165) is 11.3 Å². The molecule has 0 radical (unpaired) electrons. The monoisotopic (exact) mass is 413 g/mol. The Kier molecular flexibility index (Phi) is 8.75. The normalized spacial score (nSPS) is 10.1. The molecule has 0 aliphatic heterocycles. The van der Waals surface area contributed by atoms with Crippen molar-refractivity contribution in [2.45, 2.75) is 13.5 Å². The predicted molar refractivity (Wildman–Crippen MR) is 113 cm³/mol. The van der Waals surface area contributed by atoms with Crippen molar-refractivity contribution in [3.05, 3.63) is 66.2 Å². The summed E-state index contributed by atoms with van der Waals surface area (Å²) in [6.45, 7) is 6.46. The van der Waals surface area contributed by atoms with Gasteiger partial charge in [0, 0.05) is 13.6 Å². The fourth-order valence-electron chi connectivity index (χ4n) is 2.60. The molecule has 0 aliphatic rings. The first-order valence-corrected chi connectivity index (χ1v) is 9.53. The highest BCUT2D eigenvalue weighted by molar-refractivity contribution is 5.92. The van der Waals surface area contributed by atoms with E-state index in [9.17, 15) is 9.59 Å². The van der Waals surface area contributed by atoms with Crippen molar-refractivity contribution in [2.75, 3.05) is 34.0 Å². The first-order valence-electron chi connectivity index (χ1n) is 9.53. The lowest BCUT2D eigenvalue weighted by Crippen LogP contribution is -2.30. The molecule has 0 aliphatic carbocycles. The largest absolute Gasteiger partial charge is 0.494 e. The lowest BCUT2D eigenvalue weighted by Gasteiger charge is -2.17. The molecular formula is C23H27NO6. The van der Waals surface area contributed by atoms with Crippen molar-refractivity contribution < 1.29 is 28.5 Å². The minimum Gasteiger partial charge on any atom is -0.494 e. The number of hydrogen-bond donors (Lipinski definition) is 0. The fourth-order valence-corrected chi connectivity index (χ4v) is 2.60. The van der Waals surface area contributed by atoms with E-state index in [1.807, 2.05) is 31.2 Å². The highest BCUT2D eigenvalue weighted by atomic mass is 16.5. The van der Waals surface area contributed by atoms with Crippen LogP contribution in [0.2, 0.25) is 0 Å². The van der Waals surface area contributed by atoms with Gasteiger partial charge < -0.3 is 23.8 Å². The van der Waals surface area contributed by atoms with Crippen LogP contribution in [0.1, 0.15) is 22.8 Å². The summed E-state index contributed by atoms with van der Waals surface area (Å²) in [5, 5.41) is 0. The summed E-state index contributed by atoms with van der Waals surface area (Å²) in [4.78, 5) is 26.1. The molecule has 0 aromatic heterocycles. The van der Waals surface area contributed by atoms with Crippen molar-refractivity contribution in [1.29, 1.82) is 0 Å². The number of rotatable bonds is 11. The van der Waals surface area contributed by atoms with Gasteiger partial charge in [-0.1, -0.05) is 24.8 Å². The molecule has 0 bridgehead atoms. The van der Waals surface area contributed by atoms with Crippen LogP contribution >= 0.6 is 0 Å². The van der Waals surface area contributed by atoms with Gasteiger partial charge in [-0.25, -0.2) is 4.79 Å². The van der Waals surface area contributed by atoms with Crippen molar-refractivity contribution in [2.24, 2.45) is 0 Å². The number of likely N-dealkylation sites (N-methyl/N-ethyl adjacent to an activating group) is 1. The molecule has 2 rings (SSSR count). The van der Waals surface area contributed by atoms with E-state index < -0.39 is 5.97 Å². The maximum atomic E-state index is 12.3. The van der Waals surface area contributed by atoms with Gasteiger partial charge in [0.25, 0.3) is 5.91 Å². The lowest BCUT2D eigenvalue weighted by atomic mass is 10.2. The average molecular weight is 413 g/mol. The van der Waals surface area contributed by atoms with E-state index in [2.05, 4.69) is 6.58 Å². The summed E-state index contributed by atoms with van der Waals surface area (Å²) in [5.41, 5.74) is 1.21. The van der Waals surface area contributed by atoms with E-state index in [4.69, 9.17) is 18.9 Å². The van der Waals surface area contributed by atoms with E-state index in [1.54, 1.807) is 25.3 Å². The highest BCUT2D eigenvalue weighted by Gasteiger charge is 2.16. The minimum absolute atomic E-state index is 0.264. The lowest BCUT2D eigenvalue weighted by molar-refractivity contribution is -0.133. The summed E-state index contributed by atoms with van der Waals surface area (Å²) in [6, 6.07) is 12.2. The van der Waals surface area contributed by atoms with Crippen LogP contribution in [0.4, 0.5) is 0 Å².